The number of carbonyl (C=O) groups is 1. The number of likely N-dealkylation sites (N-methyl/N-ethyl adjacent to an activating group) is 1. The zero-order chi connectivity index (χ0) is 18.4. The van der Waals surface area contributed by atoms with E-state index in [9.17, 15) is 13.2 Å². The number of nitrogens with one attached hydrogen (secondary N) is 1. The van der Waals surface area contributed by atoms with Crippen molar-refractivity contribution in [2.45, 2.75) is 11.8 Å². The smallest absolute Gasteiger partial charge is 0.243 e. The molecule has 6 nitrogen and oxygen atoms in total. The van der Waals surface area contributed by atoms with Crippen LogP contribution in [0.3, 0.4) is 0 Å². The largest absolute Gasteiger partial charge is 0.497 e. The van der Waals surface area contributed by atoms with E-state index in [2.05, 4.69) is 27.9 Å². The molecule has 0 fully saturated rings. The van der Waals surface area contributed by atoms with Crippen molar-refractivity contribution in [1.29, 1.82) is 0 Å². The Bertz CT molecular complexity index is 821. The number of nitrogens with zero attached hydrogens (tertiary/aromatic N) is 1. The fourth-order valence-corrected chi connectivity index (χ4v) is 3.92. The molecule has 1 amide bonds. The monoisotopic (exact) mass is 474 g/mol. The summed E-state index contributed by atoms with van der Waals surface area (Å²) in [5.41, 5.74) is 0.628. The van der Waals surface area contributed by atoms with E-state index in [0.29, 0.717) is 11.4 Å². The van der Waals surface area contributed by atoms with Crippen LogP contribution in [0.4, 0.5) is 5.69 Å². The minimum atomic E-state index is -3.75. The molecule has 2 aromatic rings. The molecule has 0 unspecified atom stereocenters. The van der Waals surface area contributed by atoms with E-state index in [1.54, 1.807) is 31.2 Å². The quantitative estimate of drug-likeness (QED) is 0.627. The summed E-state index contributed by atoms with van der Waals surface area (Å²) in [6, 6.07) is 13.4. The molecule has 0 aliphatic rings. The van der Waals surface area contributed by atoms with Crippen molar-refractivity contribution in [3.05, 3.63) is 52.1 Å². The maximum Gasteiger partial charge on any atom is 0.243 e. The van der Waals surface area contributed by atoms with Crippen molar-refractivity contribution < 1.29 is 17.9 Å². The van der Waals surface area contributed by atoms with Gasteiger partial charge in [0.05, 0.1) is 18.6 Å². The fourth-order valence-electron chi connectivity index (χ4n) is 2.16. The van der Waals surface area contributed by atoms with Gasteiger partial charge in [-0.25, -0.2) is 8.42 Å². The van der Waals surface area contributed by atoms with E-state index in [4.69, 9.17) is 4.74 Å². The Hall–Kier alpha value is -1.65. The van der Waals surface area contributed by atoms with Crippen LogP contribution in [0.5, 0.6) is 5.75 Å². The van der Waals surface area contributed by atoms with Gasteiger partial charge in [0, 0.05) is 15.8 Å². The number of benzene rings is 2. The van der Waals surface area contributed by atoms with Gasteiger partial charge in [0.15, 0.2) is 0 Å². The van der Waals surface area contributed by atoms with E-state index in [0.717, 1.165) is 7.88 Å². The lowest BCUT2D eigenvalue weighted by molar-refractivity contribution is -0.116. The Morgan fingerprint density at radius 3 is 2.24 bits per heavy atom. The number of rotatable bonds is 7. The highest BCUT2D eigenvalue weighted by atomic mass is 127. The van der Waals surface area contributed by atoms with Gasteiger partial charge in [-0.05, 0) is 71.1 Å². The topological polar surface area (TPSA) is 75.7 Å². The first kappa shape index (κ1) is 19.7. The number of anilines is 1. The molecule has 2 aromatic carbocycles. The molecule has 8 heteroatoms. The highest BCUT2D eigenvalue weighted by molar-refractivity contribution is 14.1. The van der Waals surface area contributed by atoms with E-state index in [-0.39, 0.29) is 23.9 Å². The number of carbonyl (C=O) groups excluding carboxylic acids is 1. The van der Waals surface area contributed by atoms with Crippen LogP contribution in [0, 0.1) is 3.57 Å². The molecule has 0 aliphatic carbocycles. The second-order valence-electron chi connectivity index (χ2n) is 5.16. The number of hydrogen-bond acceptors (Lipinski definition) is 4. The van der Waals surface area contributed by atoms with E-state index >= 15 is 0 Å². The van der Waals surface area contributed by atoms with Crippen LogP contribution in [0.25, 0.3) is 0 Å². The second-order valence-corrected chi connectivity index (χ2v) is 8.35. The molecule has 0 radical (unpaired) electrons. The lowest BCUT2D eigenvalue weighted by atomic mass is 10.3. The van der Waals surface area contributed by atoms with Gasteiger partial charge in [0.25, 0.3) is 0 Å². The van der Waals surface area contributed by atoms with E-state index < -0.39 is 10.0 Å². The van der Waals surface area contributed by atoms with Crippen molar-refractivity contribution >= 4 is 44.2 Å². The molecule has 2 rings (SSSR count). The first-order valence-corrected chi connectivity index (χ1v) is 10.1. The summed E-state index contributed by atoms with van der Waals surface area (Å²) >= 11 is 2.17. The Morgan fingerprint density at radius 1 is 1.12 bits per heavy atom. The summed E-state index contributed by atoms with van der Waals surface area (Å²) in [4.78, 5) is 12.3. The van der Waals surface area contributed by atoms with Gasteiger partial charge >= 0.3 is 0 Å². The number of methoxy groups -OCH3 is 1. The van der Waals surface area contributed by atoms with Crippen LogP contribution < -0.4 is 10.1 Å². The number of amides is 1. The molecule has 1 N–H and O–H groups in total. The molecule has 0 bridgehead atoms. The summed E-state index contributed by atoms with van der Waals surface area (Å²) in [6.45, 7) is 1.63. The fraction of sp³-hybridized carbons (Fsp3) is 0.235. The molecule has 0 atom stereocenters. The summed E-state index contributed by atoms with van der Waals surface area (Å²) in [5, 5.41) is 2.71. The van der Waals surface area contributed by atoms with Gasteiger partial charge in [-0.15, -0.1) is 0 Å². The zero-order valence-electron chi connectivity index (χ0n) is 13.9. The third kappa shape index (κ3) is 5.16. The molecular formula is C17H19IN2O4S. The average Bonchev–Trinajstić information content (AvgIpc) is 2.61. The molecule has 0 spiro atoms. The lowest BCUT2D eigenvalue weighted by Gasteiger charge is -2.20. The van der Waals surface area contributed by atoms with E-state index in [1.165, 1.54) is 19.2 Å². The summed E-state index contributed by atoms with van der Waals surface area (Å²) in [7, 11) is -2.24. The summed E-state index contributed by atoms with van der Waals surface area (Å²) in [5.74, 6) is 0.179. The first-order valence-electron chi connectivity index (χ1n) is 7.56. The normalized spacial score (nSPS) is 11.4. The maximum absolute atomic E-state index is 12.7. The highest BCUT2D eigenvalue weighted by Gasteiger charge is 2.25. The van der Waals surface area contributed by atoms with Crippen LogP contribution in [0.1, 0.15) is 6.92 Å². The number of ether oxygens (including phenoxy) is 1. The minimum absolute atomic E-state index is 0.122. The Balaban J connectivity index is 2.11. The van der Waals surface area contributed by atoms with Gasteiger partial charge in [0.2, 0.25) is 15.9 Å². The zero-order valence-corrected chi connectivity index (χ0v) is 16.9. The predicted molar refractivity (Wildman–Crippen MR) is 105 cm³/mol. The van der Waals surface area contributed by atoms with Gasteiger partial charge in [0.1, 0.15) is 5.75 Å². The molecule has 0 saturated carbocycles. The lowest BCUT2D eigenvalue weighted by Crippen LogP contribution is -2.37. The SMILES string of the molecule is CCN(CC(=O)Nc1ccc(I)cc1)S(=O)(=O)c1ccc(OC)cc1. The van der Waals surface area contributed by atoms with Crippen molar-refractivity contribution in [3.8, 4) is 5.75 Å². The number of halogens is 1. The highest BCUT2D eigenvalue weighted by Crippen LogP contribution is 2.19. The van der Waals surface area contributed by atoms with Gasteiger partial charge in [-0.1, -0.05) is 6.92 Å². The molecular weight excluding hydrogens is 455 g/mol. The van der Waals surface area contributed by atoms with Crippen LogP contribution in [0.2, 0.25) is 0 Å². The molecule has 0 aromatic heterocycles. The maximum atomic E-state index is 12.7. The van der Waals surface area contributed by atoms with Crippen LogP contribution in [-0.4, -0.2) is 38.8 Å². The van der Waals surface area contributed by atoms with Crippen molar-refractivity contribution in [2.75, 3.05) is 25.5 Å². The Kier molecular flexibility index (Phi) is 6.79. The van der Waals surface area contributed by atoms with Gasteiger partial charge < -0.3 is 10.1 Å². The van der Waals surface area contributed by atoms with E-state index in [1.807, 2.05) is 12.1 Å². The van der Waals surface area contributed by atoms with Crippen LogP contribution in [0.15, 0.2) is 53.4 Å². The minimum Gasteiger partial charge on any atom is -0.497 e. The third-order valence-corrected chi connectivity index (χ3v) is 6.15. The summed E-state index contributed by atoms with van der Waals surface area (Å²) in [6.07, 6.45) is 0. The molecule has 0 heterocycles. The van der Waals surface area contributed by atoms with Gasteiger partial charge in [-0.2, -0.15) is 4.31 Å². The number of hydrogen-bond donors (Lipinski definition) is 1. The Morgan fingerprint density at radius 2 is 1.72 bits per heavy atom. The third-order valence-electron chi connectivity index (χ3n) is 3.50. The molecule has 25 heavy (non-hydrogen) atoms. The standard InChI is InChI=1S/C17H19IN2O4S/c1-3-20(12-17(21)19-14-6-4-13(18)5-7-14)25(22,23)16-10-8-15(24-2)9-11-16/h4-11H,3,12H2,1-2H3,(H,19,21). The second kappa shape index (κ2) is 8.63. The first-order chi connectivity index (χ1) is 11.9. The molecule has 0 saturated heterocycles. The Labute approximate surface area is 161 Å². The van der Waals surface area contributed by atoms with Gasteiger partial charge in [-0.3, -0.25) is 4.79 Å². The average molecular weight is 474 g/mol. The predicted octanol–water partition coefficient (Wildman–Crippen LogP) is 2.95. The molecule has 134 valence electrons. The molecule has 0 aliphatic heterocycles. The van der Waals surface area contributed by atoms with Crippen molar-refractivity contribution in [1.82, 2.24) is 4.31 Å². The summed E-state index contributed by atoms with van der Waals surface area (Å²) < 4.78 is 32.6. The number of sulfonamides is 1. The van der Waals surface area contributed by atoms with Crippen molar-refractivity contribution in [2.24, 2.45) is 0 Å². The van der Waals surface area contributed by atoms with Crippen LogP contribution >= 0.6 is 22.6 Å². The van der Waals surface area contributed by atoms with Crippen molar-refractivity contribution in [3.63, 3.8) is 0 Å². The van der Waals surface area contributed by atoms with Crippen LogP contribution in [-0.2, 0) is 14.8 Å².